The minimum Gasteiger partial charge on any atom is -0.486 e. The number of aryl methyl sites for hydroxylation is 2. The Bertz CT molecular complexity index is 805. The van der Waals surface area contributed by atoms with E-state index in [0.717, 1.165) is 5.56 Å². The lowest BCUT2D eigenvalue weighted by molar-refractivity contribution is 0.171. The van der Waals surface area contributed by atoms with E-state index in [2.05, 4.69) is 16.0 Å². The molecule has 23 heavy (non-hydrogen) atoms. The number of hydrogen-bond donors (Lipinski definition) is 0. The SMILES string of the molecule is Cc1nc(C)c(C#N)c(SCc2cc(Cl)c3c(c2)OCCO3)n1. The van der Waals surface area contributed by atoms with Crippen LogP contribution in [0.25, 0.3) is 0 Å². The van der Waals surface area contributed by atoms with Gasteiger partial charge in [0.25, 0.3) is 0 Å². The van der Waals surface area contributed by atoms with Crippen molar-refractivity contribution in [1.29, 1.82) is 5.26 Å². The molecule has 2 heterocycles. The predicted octanol–water partition coefficient (Wildman–Crippen LogP) is 3.68. The molecule has 0 saturated heterocycles. The fourth-order valence-electron chi connectivity index (χ4n) is 2.31. The van der Waals surface area contributed by atoms with E-state index in [-0.39, 0.29) is 0 Å². The summed E-state index contributed by atoms with van der Waals surface area (Å²) in [5.41, 5.74) is 2.20. The van der Waals surface area contributed by atoms with E-state index < -0.39 is 0 Å². The Balaban J connectivity index is 1.85. The van der Waals surface area contributed by atoms with E-state index in [1.165, 1.54) is 11.8 Å². The maximum Gasteiger partial charge on any atom is 0.179 e. The second kappa shape index (κ2) is 6.65. The fraction of sp³-hybridized carbons (Fsp3) is 0.312. The maximum absolute atomic E-state index is 9.29. The third-order valence-electron chi connectivity index (χ3n) is 3.31. The molecule has 0 fully saturated rings. The van der Waals surface area contributed by atoms with Crippen LogP contribution in [0.15, 0.2) is 17.2 Å². The highest BCUT2D eigenvalue weighted by molar-refractivity contribution is 7.98. The smallest absolute Gasteiger partial charge is 0.179 e. The third-order valence-corrected chi connectivity index (χ3v) is 4.64. The molecule has 0 unspecified atom stereocenters. The van der Waals surface area contributed by atoms with Crippen molar-refractivity contribution in [2.45, 2.75) is 24.6 Å². The summed E-state index contributed by atoms with van der Waals surface area (Å²) in [7, 11) is 0. The number of ether oxygens (including phenoxy) is 2. The van der Waals surface area contributed by atoms with Crippen LogP contribution in [-0.2, 0) is 5.75 Å². The normalized spacial score (nSPS) is 12.8. The quantitative estimate of drug-likeness (QED) is 0.623. The van der Waals surface area contributed by atoms with Gasteiger partial charge < -0.3 is 9.47 Å². The lowest BCUT2D eigenvalue weighted by atomic mass is 10.2. The number of halogens is 1. The van der Waals surface area contributed by atoms with Crippen LogP contribution in [0.4, 0.5) is 0 Å². The molecule has 0 aliphatic carbocycles. The molecule has 0 amide bonds. The van der Waals surface area contributed by atoms with Crippen LogP contribution in [0.1, 0.15) is 22.6 Å². The summed E-state index contributed by atoms with van der Waals surface area (Å²) in [5.74, 6) is 2.54. The molecule has 0 radical (unpaired) electrons. The molecule has 1 aromatic carbocycles. The Morgan fingerprint density at radius 3 is 2.83 bits per heavy atom. The van der Waals surface area contributed by atoms with Crippen molar-refractivity contribution in [2.24, 2.45) is 0 Å². The third kappa shape index (κ3) is 3.36. The van der Waals surface area contributed by atoms with Crippen molar-refractivity contribution < 1.29 is 9.47 Å². The first-order valence-electron chi connectivity index (χ1n) is 7.04. The molecule has 1 aromatic heterocycles. The van der Waals surface area contributed by atoms with Gasteiger partial charge >= 0.3 is 0 Å². The lowest BCUT2D eigenvalue weighted by Gasteiger charge is -2.20. The molecule has 3 rings (SSSR count). The van der Waals surface area contributed by atoms with Gasteiger partial charge in [-0.05, 0) is 31.5 Å². The highest BCUT2D eigenvalue weighted by Gasteiger charge is 2.17. The van der Waals surface area contributed by atoms with Crippen molar-refractivity contribution in [3.05, 3.63) is 39.8 Å². The van der Waals surface area contributed by atoms with Crippen molar-refractivity contribution >= 4 is 23.4 Å². The number of nitrogens with zero attached hydrogens (tertiary/aromatic N) is 3. The Morgan fingerprint density at radius 2 is 2.04 bits per heavy atom. The first kappa shape index (κ1) is 15.9. The summed E-state index contributed by atoms with van der Waals surface area (Å²) in [6.45, 7) is 4.66. The lowest BCUT2D eigenvalue weighted by Crippen LogP contribution is -2.15. The number of benzene rings is 1. The fourth-order valence-corrected chi connectivity index (χ4v) is 3.61. The summed E-state index contributed by atoms with van der Waals surface area (Å²) in [4.78, 5) is 8.60. The van der Waals surface area contributed by atoms with Gasteiger partial charge in [-0.15, -0.1) is 11.8 Å². The zero-order chi connectivity index (χ0) is 16.4. The molecule has 0 N–H and O–H groups in total. The first-order chi connectivity index (χ1) is 11.1. The van der Waals surface area contributed by atoms with Crippen molar-refractivity contribution in [1.82, 2.24) is 9.97 Å². The average molecular weight is 348 g/mol. The molecule has 0 spiro atoms. The van der Waals surface area contributed by atoms with Crippen LogP contribution in [0, 0.1) is 25.2 Å². The van der Waals surface area contributed by atoms with Crippen LogP contribution in [0.3, 0.4) is 0 Å². The largest absolute Gasteiger partial charge is 0.486 e. The van der Waals surface area contributed by atoms with Gasteiger partial charge in [-0.3, -0.25) is 0 Å². The van der Waals surface area contributed by atoms with Crippen LogP contribution < -0.4 is 9.47 Å². The molecule has 2 aromatic rings. The summed E-state index contributed by atoms with van der Waals surface area (Å²) in [6, 6.07) is 5.95. The van der Waals surface area contributed by atoms with E-state index >= 15 is 0 Å². The first-order valence-corrected chi connectivity index (χ1v) is 8.41. The molecule has 118 valence electrons. The number of thioether (sulfide) groups is 1. The Morgan fingerprint density at radius 1 is 1.26 bits per heavy atom. The van der Waals surface area contributed by atoms with Gasteiger partial charge in [-0.25, -0.2) is 9.97 Å². The number of aromatic nitrogens is 2. The van der Waals surface area contributed by atoms with Gasteiger partial charge in [0, 0.05) is 5.75 Å². The Hall–Kier alpha value is -1.97. The van der Waals surface area contributed by atoms with Gasteiger partial charge in [0.1, 0.15) is 35.7 Å². The van der Waals surface area contributed by atoms with E-state index in [4.69, 9.17) is 21.1 Å². The van der Waals surface area contributed by atoms with Crippen LogP contribution in [-0.4, -0.2) is 23.2 Å². The molecule has 0 atom stereocenters. The predicted molar refractivity (Wildman–Crippen MR) is 88.2 cm³/mol. The molecule has 1 aliphatic heterocycles. The maximum atomic E-state index is 9.29. The summed E-state index contributed by atoms with van der Waals surface area (Å²) in [6.07, 6.45) is 0. The monoisotopic (exact) mass is 347 g/mol. The topological polar surface area (TPSA) is 68.0 Å². The standard InChI is InChI=1S/C16H14ClN3O2S/c1-9-12(7-18)16(20-10(2)19-9)23-8-11-5-13(17)15-14(6-11)21-3-4-22-15/h5-6H,3-4,8H2,1-2H3. The average Bonchev–Trinajstić information content (AvgIpc) is 2.52. The zero-order valence-electron chi connectivity index (χ0n) is 12.7. The van der Waals surface area contributed by atoms with Crippen LogP contribution in [0.2, 0.25) is 5.02 Å². The highest BCUT2D eigenvalue weighted by Crippen LogP contribution is 2.39. The Kier molecular flexibility index (Phi) is 4.60. The number of fused-ring (bicyclic) bond motifs is 1. The van der Waals surface area contributed by atoms with Gasteiger partial charge in [0.05, 0.1) is 10.7 Å². The van der Waals surface area contributed by atoms with Crippen LogP contribution in [0.5, 0.6) is 11.5 Å². The second-order valence-corrected chi connectivity index (χ2v) is 6.41. The van der Waals surface area contributed by atoms with Crippen LogP contribution >= 0.6 is 23.4 Å². The minimum absolute atomic E-state index is 0.506. The summed E-state index contributed by atoms with van der Waals surface area (Å²) < 4.78 is 11.1. The minimum atomic E-state index is 0.506. The molecular formula is C16H14ClN3O2S. The van der Waals surface area contributed by atoms with Gasteiger partial charge in [-0.2, -0.15) is 5.26 Å². The molecule has 7 heteroatoms. The van der Waals surface area contributed by atoms with Crippen molar-refractivity contribution in [3.8, 4) is 17.6 Å². The second-order valence-electron chi connectivity index (χ2n) is 5.04. The molecule has 1 aliphatic rings. The summed E-state index contributed by atoms with van der Waals surface area (Å²) >= 11 is 7.73. The summed E-state index contributed by atoms with van der Waals surface area (Å²) in [5, 5.41) is 10.5. The van der Waals surface area contributed by atoms with Gasteiger partial charge in [-0.1, -0.05) is 11.6 Å². The van der Waals surface area contributed by atoms with E-state index in [1.54, 1.807) is 0 Å². The number of rotatable bonds is 3. The molecule has 0 bridgehead atoms. The van der Waals surface area contributed by atoms with Crippen molar-refractivity contribution in [2.75, 3.05) is 13.2 Å². The molecule has 5 nitrogen and oxygen atoms in total. The number of nitriles is 1. The van der Waals surface area contributed by atoms with E-state index in [9.17, 15) is 5.26 Å². The molecule has 0 saturated carbocycles. The van der Waals surface area contributed by atoms with E-state index in [1.807, 2.05) is 26.0 Å². The van der Waals surface area contributed by atoms with Gasteiger partial charge in [0.2, 0.25) is 0 Å². The number of hydrogen-bond acceptors (Lipinski definition) is 6. The molecular weight excluding hydrogens is 334 g/mol. The Labute approximate surface area is 143 Å². The zero-order valence-corrected chi connectivity index (χ0v) is 14.3. The van der Waals surface area contributed by atoms with Gasteiger partial charge in [0.15, 0.2) is 11.5 Å². The van der Waals surface area contributed by atoms with Crippen molar-refractivity contribution in [3.63, 3.8) is 0 Å². The van der Waals surface area contributed by atoms with E-state index in [0.29, 0.717) is 57.6 Å². The highest BCUT2D eigenvalue weighted by atomic mass is 35.5.